The van der Waals surface area contributed by atoms with Crippen LogP contribution in [0.15, 0.2) is 57.7 Å². The Bertz CT molecular complexity index is 1160. The summed E-state index contributed by atoms with van der Waals surface area (Å²) in [5.41, 5.74) is 0.688. The molecule has 0 saturated carbocycles. The molecule has 0 amide bonds. The molecule has 2 atom stereocenters. The average Bonchev–Trinajstić information content (AvgIpc) is 3.19. The largest absolute Gasteiger partial charge is 0.482 e. The minimum atomic E-state index is -1.04. The van der Waals surface area contributed by atoms with Crippen LogP contribution in [0.5, 0.6) is 11.5 Å². The lowest BCUT2D eigenvalue weighted by molar-refractivity contribution is -0.148. The van der Waals surface area contributed by atoms with Gasteiger partial charge in [-0.25, -0.2) is 14.4 Å². The molecule has 2 heterocycles. The van der Waals surface area contributed by atoms with Gasteiger partial charge in [0, 0.05) is 0 Å². The fourth-order valence-corrected chi connectivity index (χ4v) is 3.49. The van der Waals surface area contributed by atoms with Crippen LogP contribution in [0.1, 0.15) is 17.0 Å². The summed E-state index contributed by atoms with van der Waals surface area (Å²) in [5, 5.41) is 0.599. The second-order valence-electron chi connectivity index (χ2n) is 6.60. The summed E-state index contributed by atoms with van der Waals surface area (Å²) in [6.45, 7) is -0.231. The topological polar surface area (TPSA) is 101 Å². The Morgan fingerprint density at radius 2 is 1.73 bits per heavy atom. The molecule has 2 aromatic carbocycles. The van der Waals surface area contributed by atoms with Gasteiger partial charge in [0.15, 0.2) is 6.61 Å². The molecular formula is C22H18O8. The summed E-state index contributed by atoms with van der Waals surface area (Å²) in [6, 6.07) is 13.6. The van der Waals surface area contributed by atoms with E-state index in [1.807, 2.05) is 0 Å². The lowest BCUT2D eigenvalue weighted by Gasteiger charge is -2.17. The van der Waals surface area contributed by atoms with Crippen LogP contribution < -0.4 is 15.1 Å². The predicted octanol–water partition coefficient (Wildman–Crippen LogP) is 2.41. The van der Waals surface area contributed by atoms with Gasteiger partial charge in [-0.05, 0) is 29.8 Å². The second-order valence-corrected chi connectivity index (χ2v) is 6.60. The van der Waals surface area contributed by atoms with Gasteiger partial charge in [0.05, 0.1) is 31.1 Å². The van der Waals surface area contributed by atoms with Crippen LogP contribution in [0.2, 0.25) is 0 Å². The van der Waals surface area contributed by atoms with Gasteiger partial charge in [-0.2, -0.15) is 0 Å². The summed E-state index contributed by atoms with van der Waals surface area (Å²) >= 11 is 0. The number of fused-ring (bicyclic) bond motifs is 3. The van der Waals surface area contributed by atoms with Crippen molar-refractivity contribution in [3.8, 4) is 11.5 Å². The van der Waals surface area contributed by atoms with E-state index in [0.717, 1.165) is 0 Å². The number of para-hydroxylation sites is 1. The standard InChI is InChI=1S/C22H18O8/c1-26-16(23)11-28-13-9-7-12(8-10-13)17-18-19(30-20(17)22(25)27-2)14-5-3-4-6-15(14)29-21(18)24/h3-10,17,20H,11H2,1-2H3/t17-,20+/m1/s1. The van der Waals surface area contributed by atoms with Gasteiger partial charge in [0.25, 0.3) is 0 Å². The van der Waals surface area contributed by atoms with Gasteiger partial charge in [-0.15, -0.1) is 0 Å². The fourth-order valence-electron chi connectivity index (χ4n) is 3.49. The van der Waals surface area contributed by atoms with Crippen LogP contribution in [0.25, 0.3) is 11.0 Å². The summed E-state index contributed by atoms with van der Waals surface area (Å²) < 4.78 is 26.2. The average molecular weight is 410 g/mol. The lowest BCUT2D eigenvalue weighted by atomic mass is 9.88. The molecule has 1 aliphatic rings. The molecule has 0 bridgehead atoms. The van der Waals surface area contributed by atoms with E-state index in [2.05, 4.69) is 4.74 Å². The third-order valence-electron chi connectivity index (χ3n) is 4.91. The van der Waals surface area contributed by atoms with Crippen molar-refractivity contribution < 1.29 is 33.0 Å². The Kier molecular flexibility index (Phi) is 5.14. The molecule has 0 spiro atoms. The van der Waals surface area contributed by atoms with Crippen molar-refractivity contribution in [1.82, 2.24) is 0 Å². The Labute approximate surface area is 170 Å². The van der Waals surface area contributed by atoms with Crippen molar-refractivity contribution in [1.29, 1.82) is 0 Å². The second kappa shape index (κ2) is 7.90. The smallest absolute Gasteiger partial charge is 0.348 e. The van der Waals surface area contributed by atoms with E-state index >= 15 is 0 Å². The zero-order chi connectivity index (χ0) is 21.3. The number of carbonyl (C=O) groups is 2. The predicted molar refractivity (Wildman–Crippen MR) is 105 cm³/mol. The zero-order valence-corrected chi connectivity index (χ0v) is 16.2. The minimum absolute atomic E-state index is 0.231. The van der Waals surface area contributed by atoms with Crippen molar-refractivity contribution in [2.75, 3.05) is 20.8 Å². The van der Waals surface area contributed by atoms with Crippen molar-refractivity contribution in [2.24, 2.45) is 0 Å². The van der Waals surface area contributed by atoms with Gasteiger partial charge in [0.1, 0.15) is 17.1 Å². The summed E-state index contributed by atoms with van der Waals surface area (Å²) in [5.74, 6) is -1.09. The molecule has 154 valence electrons. The maximum Gasteiger partial charge on any atom is 0.348 e. The van der Waals surface area contributed by atoms with Crippen LogP contribution in [0.3, 0.4) is 0 Å². The first-order valence-electron chi connectivity index (χ1n) is 9.13. The first-order valence-corrected chi connectivity index (χ1v) is 9.13. The SMILES string of the molecule is COC(=O)COc1ccc([C@@H]2c3c(c4ccccc4oc3=O)O[C@@H]2C(=O)OC)cc1. The molecule has 3 aromatic rings. The highest BCUT2D eigenvalue weighted by molar-refractivity contribution is 5.88. The van der Waals surface area contributed by atoms with Crippen LogP contribution in [-0.4, -0.2) is 38.9 Å². The van der Waals surface area contributed by atoms with E-state index in [1.165, 1.54) is 14.2 Å². The highest BCUT2D eigenvalue weighted by Crippen LogP contribution is 2.44. The number of carbonyl (C=O) groups excluding carboxylic acids is 2. The number of hydrogen-bond donors (Lipinski definition) is 0. The molecule has 4 rings (SSSR count). The Hall–Kier alpha value is -3.81. The highest BCUT2D eigenvalue weighted by atomic mass is 16.6. The summed E-state index contributed by atoms with van der Waals surface area (Å²) in [7, 11) is 2.53. The van der Waals surface area contributed by atoms with E-state index in [4.69, 9.17) is 18.6 Å². The van der Waals surface area contributed by atoms with Gasteiger partial charge >= 0.3 is 17.6 Å². The van der Waals surface area contributed by atoms with E-state index < -0.39 is 29.6 Å². The summed E-state index contributed by atoms with van der Waals surface area (Å²) in [4.78, 5) is 36.4. The third kappa shape index (κ3) is 3.36. The van der Waals surface area contributed by atoms with Crippen molar-refractivity contribution >= 4 is 22.9 Å². The Morgan fingerprint density at radius 1 is 1.00 bits per heavy atom. The number of hydrogen-bond acceptors (Lipinski definition) is 8. The van der Waals surface area contributed by atoms with E-state index in [9.17, 15) is 14.4 Å². The molecule has 0 saturated heterocycles. The van der Waals surface area contributed by atoms with Crippen molar-refractivity contribution in [2.45, 2.75) is 12.0 Å². The highest BCUT2D eigenvalue weighted by Gasteiger charge is 2.44. The fraction of sp³-hybridized carbons (Fsp3) is 0.227. The quantitative estimate of drug-likeness (QED) is 0.467. The monoisotopic (exact) mass is 410 g/mol. The van der Waals surface area contributed by atoms with Gasteiger partial charge in [0.2, 0.25) is 6.10 Å². The summed E-state index contributed by atoms with van der Waals surface area (Å²) in [6.07, 6.45) is -1.04. The van der Waals surface area contributed by atoms with Crippen LogP contribution >= 0.6 is 0 Å². The maximum atomic E-state index is 12.8. The molecule has 8 heteroatoms. The lowest BCUT2D eigenvalue weighted by Crippen LogP contribution is -2.31. The third-order valence-corrected chi connectivity index (χ3v) is 4.91. The zero-order valence-electron chi connectivity index (χ0n) is 16.2. The normalized spacial score (nSPS) is 17.1. The molecule has 0 unspecified atom stereocenters. The Morgan fingerprint density at radius 3 is 2.43 bits per heavy atom. The minimum Gasteiger partial charge on any atom is -0.482 e. The first kappa shape index (κ1) is 19.5. The molecule has 0 N–H and O–H groups in total. The molecule has 30 heavy (non-hydrogen) atoms. The van der Waals surface area contributed by atoms with Crippen LogP contribution in [0, 0.1) is 0 Å². The number of methoxy groups -OCH3 is 2. The number of rotatable bonds is 5. The molecule has 0 radical (unpaired) electrons. The molecule has 0 aliphatic carbocycles. The van der Waals surface area contributed by atoms with E-state index in [1.54, 1.807) is 48.5 Å². The van der Waals surface area contributed by atoms with Gasteiger partial charge in [-0.3, -0.25) is 0 Å². The van der Waals surface area contributed by atoms with E-state index in [-0.39, 0.29) is 12.2 Å². The molecule has 1 aliphatic heterocycles. The van der Waals surface area contributed by atoms with E-state index in [0.29, 0.717) is 28.0 Å². The number of ether oxygens (including phenoxy) is 4. The van der Waals surface area contributed by atoms with Crippen molar-refractivity contribution in [3.63, 3.8) is 0 Å². The first-order chi connectivity index (χ1) is 14.5. The molecular weight excluding hydrogens is 392 g/mol. The molecule has 0 fully saturated rings. The Balaban J connectivity index is 1.76. The maximum absolute atomic E-state index is 12.8. The van der Waals surface area contributed by atoms with Gasteiger partial charge in [-0.1, -0.05) is 24.3 Å². The van der Waals surface area contributed by atoms with Crippen LogP contribution in [-0.2, 0) is 19.1 Å². The van der Waals surface area contributed by atoms with Crippen LogP contribution in [0.4, 0.5) is 0 Å². The van der Waals surface area contributed by atoms with Crippen molar-refractivity contribution in [3.05, 3.63) is 70.1 Å². The molecule has 1 aromatic heterocycles. The molecule has 8 nitrogen and oxygen atoms in total. The number of esters is 2. The number of benzene rings is 2. The van der Waals surface area contributed by atoms with Gasteiger partial charge < -0.3 is 23.4 Å².